The molecule has 4 rings (SSSR count). The molecule has 6 heteroatoms. The Hall–Kier alpha value is -3.38. The number of hydrogen-bond acceptors (Lipinski definition) is 4. The van der Waals surface area contributed by atoms with Gasteiger partial charge < -0.3 is 19.1 Å². The maximum absolute atomic E-state index is 13.2. The van der Waals surface area contributed by atoms with Crippen LogP contribution in [0.3, 0.4) is 0 Å². The number of rotatable bonds is 4. The number of amides is 2. The molecular weight excluding hydrogens is 402 g/mol. The van der Waals surface area contributed by atoms with Crippen molar-refractivity contribution >= 4 is 23.2 Å². The zero-order valence-corrected chi connectivity index (χ0v) is 19.3. The molecule has 2 amide bonds. The summed E-state index contributed by atoms with van der Waals surface area (Å²) in [5.41, 5.74) is 6.03. The van der Waals surface area contributed by atoms with Gasteiger partial charge in [-0.1, -0.05) is 18.2 Å². The van der Waals surface area contributed by atoms with Crippen molar-refractivity contribution in [2.75, 3.05) is 30.4 Å². The van der Waals surface area contributed by atoms with E-state index in [2.05, 4.69) is 44.1 Å². The van der Waals surface area contributed by atoms with Crippen LogP contribution in [0.25, 0.3) is 11.1 Å². The fourth-order valence-corrected chi connectivity index (χ4v) is 4.37. The van der Waals surface area contributed by atoms with Crippen molar-refractivity contribution in [1.29, 1.82) is 0 Å². The Bertz CT molecular complexity index is 1150. The minimum Gasteiger partial charge on any atom is -0.459 e. The molecule has 0 radical (unpaired) electrons. The fraction of sp³-hybridized carbons (Fsp3) is 0.308. The Labute approximate surface area is 189 Å². The average Bonchev–Trinajstić information content (AvgIpc) is 3.28. The average molecular weight is 432 g/mol. The Kier molecular flexibility index (Phi) is 5.89. The lowest BCUT2D eigenvalue weighted by Gasteiger charge is -2.40. The topological polar surface area (TPSA) is 57.0 Å². The molecule has 0 saturated carbocycles. The van der Waals surface area contributed by atoms with E-state index in [1.807, 2.05) is 25.1 Å². The number of carbonyl (C=O) groups is 2. The number of aryl methyl sites for hydroxylation is 1. The molecular formula is C26H29N3O3. The van der Waals surface area contributed by atoms with Crippen molar-refractivity contribution in [2.24, 2.45) is 0 Å². The highest BCUT2D eigenvalue weighted by Crippen LogP contribution is 2.39. The second kappa shape index (κ2) is 8.63. The van der Waals surface area contributed by atoms with E-state index < -0.39 is 0 Å². The predicted octanol–water partition coefficient (Wildman–Crippen LogP) is 4.72. The van der Waals surface area contributed by atoms with Crippen LogP contribution in [0.15, 0.2) is 59.2 Å². The first-order chi connectivity index (χ1) is 15.3. The van der Waals surface area contributed by atoms with E-state index in [-0.39, 0.29) is 23.6 Å². The summed E-state index contributed by atoms with van der Waals surface area (Å²) in [4.78, 5) is 31.3. The van der Waals surface area contributed by atoms with Crippen molar-refractivity contribution in [3.05, 3.63) is 71.7 Å². The van der Waals surface area contributed by atoms with Crippen molar-refractivity contribution < 1.29 is 14.0 Å². The molecule has 166 valence electrons. The standard InChI is InChI=1S/C26H29N3O3/c1-17-8-9-20(13-22(17)16-27(4)5)21-10-11-23-24(14-21)28(15-18(2)29(23)19(3)30)26(31)25-7-6-12-32-25/h6-14,18H,15-16H2,1-5H3. The van der Waals surface area contributed by atoms with E-state index in [0.717, 1.165) is 23.4 Å². The highest BCUT2D eigenvalue weighted by Gasteiger charge is 2.35. The molecule has 3 aromatic rings. The summed E-state index contributed by atoms with van der Waals surface area (Å²) < 4.78 is 5.38. The lowest BCUT2D eigenvalue weighted by Crippen LogP contribution is -2.51. The lowest BCUT2D eigenvalue weighted by molar-refractivity contribution is -0.117. The largest absolute Gasteiger partial charge is 0.459 e. The van der Waals surface area contributed by atoms with Gasteiger partial charge >= 0.3 is 0 Å². The van der Waals surface area contributed by atoms with Gasteiger partial charge in [-0.15, -0.1) is 0 Å². The summed E-state index contributed by atoms with van der Waals surface area (Å²) in [7, 11) is 4.11. The van der Waals surface area contributed by atoms with Gasteiger partial charge in [-0.05, 0) is 80.5 Å². The zero-order valence-electron chi connectivity index (χ0n) is 19.3. The smallest absolute Gasteiger partial charge is 0.294 e. The first-order valence-corrected chi connectivity index (χ1v) is 10.8. The summed E-state index contributed by atoms with van der Waals surface area (Å²) >= 11 is 0. The Morgan fingerprint density at radius 3 is 2.44 bits per heavy atom. The molecule has 2 heterocycles. The van der Waals surface area contributed by atoms with Gasteiger partial charge in [0.25, 0.3) is 5.91 Å². The number of nitrogens with zero attached hydrogens (tertiary/aromatic N) is 3. The molecule has 1 aromatic heterocycles. The van der Waals surface area contributed by atoms with Gasteiger partial charge in [-0.2, -0.15) is 0 Å². The van der Waals surface area contributed by atoms with Gasteiger partial charge in [0, 0.05) is 20.0 Å². The molecule has 0 saturated heterocycles. The van der Waals surface area contributed by atoms with Crippen LogP contribution in [0.4, 0.5) is 11.4 Å². The Morgan fingerprint density at radius 1 is 1.06 bits per heavy atom. The highest BCUT2D eigenvalue weighted by molar-refractivity contribution is 6.10. The first kappa shape index (κ1) is 21.8. The number of furan rings is 1. The molecule has 0 spiro atoms. The van der Waals surface area contributed by atoms with E-state index in [9.17, 15) is 9.59 Å². The third kappa shape index (κ3) is 4.06. The number of anilines is 2. The summed E-state index contributed by atoms with van der Waals surface area (Å²) in [6, 6.07) is 15.6. The van der Waals surface area contributed by atoms with Gasteiger partial charge in [-0.25, -0.2) is 0 Å². The normalized spacial score (nSPS) is 15.8. The van der Waals surface area contributed by atoms with Crippen LogP contribution in [0.1, 0.15) is 35.5 Å². The lowest BCUT2D eigenvalue weighted by atomic mass is 9.97. The first-order valence-electron chi connectivity index (χ1n) is 10.8. The maximum atomic E-state index is 13.2. The van der Waals surface area contributed by atoms with E-state index in [1.54, 1.807) is 28.9 Å². The summed E-state index contributed by atoms with van der Waals surface area (Å²) in [6.07, 6.45) is 1.50. The molecule has 1 aliphatic heterocycles. The van der Waals surface area contributed by atoms with Gasteiger partial charge in [0.15, 0.2) is 5.76 Å². The monoisotopic (exact) mass is 431 g/mol. The van der Waals surface area contributed by atoms with Crippen molar-refractivity contribution in [3.8, 4) is 11.1 Å². The van der Waals surface area contributed by atoms with Gasteiger partial charge in [0.05, 0.1) is 23.7 Å². The molecule has 0 aliphatic carbocycles. The van der Waals surface area contributed by atoms with E-state index in [0.29, 0.717) is 12.2 Å². The van der Waals surface area contributed by atoms with Gasteiger partial charge in [-0.3, -0.25) is 9.59 Å². The van der Waals surface area contributed by atoms with Gasteiger partial charge in [0.1, 0.15) is 0 Å². The van der Waals surface area contributed by atoms with E-state index >= 15 is 0 Å². The Balaban J connectivity index is 1.82. The van der Waals surface area contributed by atoms with Crippen molar-refractivity contribution in [2.45, 2.75) is 33.4 Å². The second-order valence-electron chi connectivity index (χ2n) is 8.71. The third-order valence-electron chi connectivity index (χ3n) is 5.90. The van der Waals surface area contributed by atoms with Crippen LogP contribution >= 0.6 is 0 Å². The van der Waals surface area contributed by atoms with Crippen molar-refractivity contribution in [3.63, 3.8) is 0 Å². The summed E-state index contributed by atoms with van der Waals surface area (Å²) in [5, 5.41) is 0. The molecule has 0 N–H and O–H groups in total. The van der Waals surface area contributed by atoms with Crippen LogP contribution in [-0.2, 0) is 11.3 Å². The maximum Gasteiger partial charge on any atom is 0.294 e. The van der Waals surface area contributed by atoms with E-state index in [4.69, 9.17) is 4.42 Å². The number of hydrogen-bond donors (Lipinski definition) is 0. The van der Waals surface area contributed by atoms with Crippen LogP contribution in [0, 0.1) is 6.92 Å². The van der Waals surface area contributed by atoms with Crippen molar-refractivity contribution in [1.82, 2.24) is 4.90 Å². The molecule has 2 aromatic carbocycles. The highest BCUT2D eigenvalue weighted by atomic mass is 16.3. The van der Waals surface area contributed by atoms with Crippen LogP contribution in [0.5, 0.6) is 0 Å². The molecule has 1 aliphatic rings. The number of fused-ring (bicyclic) bond motifs is 1. The zero-order chi connectivity index (χ0) is 23.0. The summed E-state index contributed by atoms with van der Waals surface area (Å²) in [6.45, 7) is 6.88. The van der Waals surface area contributed by atoms with E-state index in [1.165, 1.54) is 17.4 Å². The number of benzene rings is 2. The predicted molar refractivity (Wildman–Crippen MR) is 127 cm³/mol. The SMILES string of the molecule is CC(=O)N1c2ccc(-c3ccc(C)c(CN(C)C)c3)cc2N(C(=O)c2ccco2)CC1C. The molecule has 6 nitrogen and oxygen atoms in total. The molecule has 32 heavy (non-hydrogen) atoms. The molecule has 0 bridgehead atoms. The molecule has 0 fully saturated rings. The quantitative estimate of drug-likeness (QED) is 0.600. The summed E-state index contributed by atoms with van der Waals surface area (Å²) in [5.74, 6) is 0.0364. The minimum atomic E-state index is -0.208. The number of carbonyl (C=O) groups excluding carboxylic acids is 2. The van der Waals surface area contributed by atoms with Crippen LogP contribution in [0.2, 0.25) is 0 Å². The minimum absolute atomic E-state index is 0.0415. The van der Waals surface area contributed by atoms with Crippen LogP contribution < -0.4 is 9.80 Å². The fourth-order valence-electron chi connectivity index (χ4n) is 4.37. The Morgan fingerprint density at radius 2 is 1.78 bits per heavy atom. The van der Waals surface area contributed by atoms with Crippen LogP contribution in [-0.4, -0.2) is 43.4 Å². The molecule has 1 atom stereocenters. The van der Waals surface area contributed by atoms with Gasteiger partial charge in [0.2, 0.25) is 5.91 Å². The third-order valence-corrected chi connectivity index (χ3v) is 5.90. The second-order valence-corrected chi connectivity index (χ2v) is 8.71. The molecule has 1 unspecified atom stereocenters.